The number of hydrogen-bond acceptors (Lipinski definition) is 1. The van der Waals surface area contributed by atoms with Gasteiger partial charge < -0.3 is 9.30 Å². The standard InChI is InChI=1S/C13H14FNO/c1-9-4-5-10(2)15(9)13-8-11(16-3)6-7-12(13)14/h4-8H,1-3H3. The molecule has 2 aromatic rings. The fourth-order valence-corrected chi connectivity index (χ4v) is 1.84. The average Bonchev–Trinajstić information content (AvgIpc) is 2.60. The third-order valence-corrected chi connectivity index (χ3v) is 2.67. The second-order valence-corrected chi connectivity index (χ2v) is 3.77. The first kappa shape index (κ1) is 10.7. The van der Waals surface area contributed by atoms with Gasteiger partial charge in [0.1, 0.15) is 11.6 Å². The number of methoxy groups -OCH3 is 1. The van der Waals surface area contributed by atoms with Crippen molar-refractivity contribution in [1.82, 2.24) is 4.57 Å². The highest BCUT2D eigenvalue weighted by Gasteiger charge is 2.10. The molecular formula is C13H14FNO. The van der Waals surface area contributed by atoms with E-state index in [-0.39, 0.29) is 5.82 Å². The molecule has 0 aliphatic carbocycles. The zero-order valence-corrected chi connectivity index (χ0v) is 9.62. The van der Waals surface area contributed by atoms with Crippen LogP contribution < -0.4 is 4.74 Å². The first-order valence-corrected chi connectivity index (χ1v) is 5.12. The van der Waals surface area contributed by atoms with E-state index in [0.29, 0.717) is 11.4 Å². The molecule has 0 saturated heterocycles. The Morgan fingerprint density at radius 1 is 1.06 bits per heavy atom. The molecule has 1 aromatic carbocycles. The van der Waals surface area contributed by atoms with Crippen molar-refractivity contribution in [3.05, 3.63) is 47.5 Å². The van der Waals surface area contributed by atoms with Crippen molar-refractivity contribution in [3.8, 4) is 11.4 Å². The maximum atomic E-state index is 13.8. The van der Waals surface area contributed by atoms with E-state index in [1.807, 2.05) is 30.5 Å². The number of benzene rings is 1. The summed E-state index contributed by atoms with van der Waals surface area (Å²) in [5.41, 5.74) is 2.54. The molecule has 0 radical (unpaired) electrons. The van der Waals surface area contributed by atoms with Crippen molar-refractivity contribution in [1.29, 1.82) is 0 Å². The van der Waals surface area contributed by atoms with Crippen LogP contribution in [0.2, 0.25) is 0 Å². The average molecular weight is 219 g/mol. The van der Waals surface area contributed by atoms with E-state index in [4.69, 9.17) is 4.74 Å². The van der Waals surface area contributed by atoms with Gasteiger partial charge in [-0.15, -0.1) is 0 Å². The Morgan fingerprint density at radius 3 is 2.25 bits per heavy atom. The van der Waals surface area contributed by atoms with E-state index in [0.717, 1.165) is 11.4 Å². The van der Waals surface area contributed by atoms with Gasteiger partial charge in [0.05, 0.1) is 12.8 Å². The molecule has 2 rings (SSSR count). The molecule has 84 valence electrons. The maximum Gasteiger partial charge on any atom is 0.147 e. The summed E-state index contributed by atoms with van der Waals surface area (Å²) in [6.07, 6.45) is 0. The van der Waals surface area contributed by atoms with Gasteiger partial charge in [-0.1, -0.05) is 0 Å². The van der Waals surface area contributed by atoms with E-state index in [1.54, 1.807) is 19.2 Å². The Kier molecular flexibility index (Phi) is 2.69. The van der Waals surface area contributed by atoms with E-state index < -0.39 is 0 Å². The Balaban J connectivity index is 2.63. The number of rotatable bonds is 2. The van der Waals surface area contributed by atoms with Gasteiger partial charge in [-0.2, -0.15) is 0 Å². The summed E-state index contributed by atoms with van der Waals surface area (Å²) in [4.78, 5) is 0. The van der Waals surface area contributed by atoms with Crippen molar-refractivity contribution in [2.75, 3.05) is 7.11 Å². The molecule has 1 aromatic heterocycles. The summed E-state index contributed by atoms with van der Waals surface area (Å²) in [6.45, 7) is 3.90. The van der Waals surface area contributed by atoms with Gasteiger partial charge in [-0.05, 0) is 38.1 Å². The first-order chi connectivity index (χ1) is 7.63. The lowest BCUT2D eigenvalue weighted by Crippen LogP contribution is -2.02. The summed E-state index contributed by atoms with van der Waals surface area (Å²) in [5.74, 6) is 0.409. The van der Waals surface area contributed by atoms with Crippen molar-refractivity contribution in [3.63, 3.8) is 0 Å². The van der Waals surface area contributed by atoms with Crippen LogP contribution in [0, 0.1) is 19.7 Å². The summed E-state index contributed by atoms with van der Waals surface area (Å²) >= 11 is 0. The fourth-order valence-electron chi connectivity index (χ4n) is 1.84. The van der Waals surface area contributed by atoms with Gasteiger partial charge in [0.25, 0.3) is 0 Å². The zero-order valence-electron chi connectivity index (χ0n) is 9.62. The normalized spacial score (nSPS) is 10.5. The first-order valence-electron chi connectivity index (χ1n) is 5.12. The fraction of sp³-hybridized carbons (Fsp3) is 0.231. The van der Waals surface area contributed by atoms with Gasteiger partial charge in [0, 0.05) is 17.5 Å². The highest BCUT2D eigenvalue weighted by Crippen LogP contribution is 2.23. The molecule has 0 unspecified atom stereocenters. The monoisotopic (exact) mass is 219 g/mol. The smallest absolute Gasteiger partial charge is 0.147 e. The van der Waals surface area contributed by atoms with Crippen molar-refractivity contribution in [2.45, 2.75) is 13.8 Å². The molecule has 2 nitrogen and oxygen atoms in total. The van der Waals surface area contributed by atoms with Gasteiger partial charge in [0.2, 0.25) is 0 Å². The van der Waals surface area contributed by atoms with Crippen LogP contribution in [0.1, 0.15) is 11.4 Å². The van der Waals surface area contributed by atoms with Crippen LogP contribution in [0.5, 0.6) is 5.75 Å². The number of hydrogen-bond donors (Lipinski definition) is 0. The molecule has 0 spiro atoms. The second kappa shape index (κ2) is 4.00. The molecular weight excluding hydrogens is 205 g/mol. The molecule has 0 amide bonds. The summed E-state index contributed by atoms with van der Waals surface area (Å²) in [6, 6.07) is 8.68. The molecule has 0 bridgehead atoms. The van der Waals surface area contributed by atoms with Gasteiger partial charge in [-0.3, -0.25) is 0 Å². The van der Waals surface area contributed by atoms with Crippen molar-refractivity contribution < 1.29 is 9.13 Å². The maximum absolute atomic E-state index is 13.8. The van der Waals surface area contributed by atoms with Crippen LogP contribution in [-0.4, -0.2) is 11.7 Å². The van der Waals surface area contributed by atoms with Gasteiger partial charge in [-0.25, -0.2) is 4.39 Å². The molecule has 16 heavy (non-hydrogen) atoms. The van der Waals surface area contributed by atoms with E-state index in [1.165, 1.54) is 6.07 Å². The third-order valence-electron chi connectivity index (χ3n) is 2.67. The zero-order chi connectivity index (χ0) is 11.7. The number of aryl methyl sites for hydroxylation is 2. The molecule has 0 fully saturated rings. The molecule has 0 aliphatic rings. The van der Waals surface area contributed by atoms with Crippen LogP contribution in [0.25, 0.3) is 5.69 Å². The van der Waals surface area contributed by atoms with Crippen LogP contribution in [0.4, 0.5) is 4.39 Å². The summed E-state index contributed by atoms with van der Waals surface area (Å²) in [7, 11) is 1.58. The lowest BCUT2D eigenvalue weighted by atomic mass is 10.2. The quantitative estimate of drug-likeness (QED) is 0.756. The van der Waals surface area contributed by atoms with Crippen molar-refractivity contribution in [2.24, 2.45) is 0 Å². The predicted octanol–water partition coefficient (Wildman–Crippen LogP) is 3.24. The largest absolute Gasteiger partial charge is 0.497 e. The predicted molar refractivity (Wildman–Crippen MR) is 61.8 cm³/mol. The molecule has 0 saturated carbocycles. The Bertz CT molecular complexity index is 497. The minimum Gasteiger partial charge on any atom is -0.497 e. The minimum absolute atomic E-state index is 0.247. The van der Waals surface area contributed by atoms with Crippen molar-refractivity contribution >= 4 is 0 Å². The minimum atomic E-state index is -0.247. The molecule has 0 aliphatic heterocycles. The number of nitrogens with zero attached hydrogens (tertiary/aromatic N) is 1. The topological polar surface area (TPSA) is 14.2 Å². The van der Waals surface area contributed by atoms with Crippen LogP contribution >= 0.6 is 0 Å². The molecule has 0 N–H and O–H groups in total. The van der Waals surface area contributed by atoms with Crippen LogP contribution in [-0.2, 0) is 0 Å². The SMILES string of the molecule is COc1ccc(F)c(-n2c(C)ccc2C)c1. The lowest BCUT2D eigenvalue weighted by molar-refractivity contribution is 0.413. The third kappa shape index (κ3) is 1.69. The lowest BCUT2D eigenvalue weighted by Gasteiger charge is -2.11. The number of halogens is 1. The Labute approximate surface area is 94.3 Å². The molecule has 3 heteroatoms. The van der Waals surface area contributed by atoms with E-state index in [9.17, 15) is 4.39 Å². The number of aromatic nitrogens is 1. The van der Waals surface area contributed by atoms with Crippen LogP contribution in [0.15, 0.2) is 30.3 Å². The number of ether oxygens (including phenoxy) is 1. The van der Waals surface area contributed by atoms with Gasteiger partial charge >= 0.3 is 0 Å². The Morgan fingerprint density at radius 2 is 1.69 bits per heavy atom. The molecule has 0 atom stereocenters. The highest BCUT2D eigenvalue weighted by molar-refractivity contribution is 5.44. The van der Waals surface area contributed by atoms with E-state index >= 15 is 0 Å². The van der Waals surface area contributed by atoms with Crippen LogP contribution in [0.3, 0.4) is 0 Å². The second-order valence-electron chi connectivity index (χ2n) is 3.77. The molecule has 1 heterocycles. The summed E-state index contributed by atoms with van der Waals surface area (Å²) < 4.78 is 20.7. The van der Waals surface area contributed by atoms with Gasteiger partial charge in [0.15, 0.2) is 0 Å². The highest BCUT2D eigenvalue weighted by atomic mass is 19.1. The van der Waals surface area contributed by atoms with E-state index in [2.05, 4.69) is 0 Å². The summed E-state index contributed by atoms with van der Waals surface area (Å²) in [5, 5.41) is 0. The Hall–Kier alpha value is -1.77.